The number of carbonyl (C=O) groups is 1. The van der Waals surface area contributed by atoms with Crippen LogP contribution in [0.15, 0.2) is 54.3 Å². The lowest BCUT2D eigenvalue weighted by molar-refractivity contribution is -0.121. The van der Waals surface area contributed by atoms with Crippen molar-refractivity contribution >= 4 is 23.1 Å². The lowest BCUT2D eigenvalue weighted by Crippen LogP contribution is -2.47. The highest BCUT2D eigenvalue weighted by Crippen LogP contribution is 2.38. The van der Waals surface area contributed by atoms with Crippen molar-refractivity contribution < 1.29 is 4.79 Å². The van der Waals surface area contributed by atoms with Gasteiger partial charge in [0.05, 0.1) is 11.7 Å². The molecule has 2 aliphatic rings. The molecule has 1 amide bonds. The first-order chi connectivity index (χ1) is 12.9. The molecule has 2 aliphatic heterocycles. The van der Waals surface area contributed by atoms with Gasteiger partial charge in [-0.3, -0.25) is 4.79 Å². The monoisotopic (exact) mass is 364 g/mol. The molecular formula is C22H28N4O. The van der Waals surface area contributed by atoms with Gasteiger partial charge in [-0.1, -0.05) is 45.2 Å². The van der Waals surface area contributed by atoms with Gasteiger partial charge in [0.2, 0.25) is 5.91 Å². The minimum atomic E-state index is -0.0248. The van der Waals surface area contributed by atoms with Crippen LogP contribution in [0, 0.1) is 0 Å². The van der Waals surface area contributed by atoms with Gasteiger partial charge in [-0.05, 0) is 31.4 Å². The highest BCUT2D eigenvalue weighted by atomic mass is 16.1. The molecule has 27 heavy (non-hydrogen) atoms. The van der Waals surface area contributed by atoms with Crippen LogP contribution >= 0.6 is 0 Å². The van der Waals surface area contributed by atoms with Crippen LogP contribution in [0.4, 0.5) is 5.69 Å². The Bertz CT molecular complexity index is 837. The van der Waals surface area contributed by atoms with E-state index in [9.17, 15) is 4.79 Å². The number of nitrogens with zero attached hydrogens (tertiary/aromatic N) is 2. The SMILES string of the molecule is C=C(CCC)NCc1cccc2c1C(=C)N(C1CCC(=O)NC1=C)C(C)=N2. The molecule has 2 heterocycles. The fraction of sp³-hybridized carbons (Fsp3) is 0.364. The predicted molar refractivity (Wildman–Crippen MR) is 111 cm³/mol. The van der Waals surface area contributed by atoms with E-state index in [1.54, 1.807) is 0 Å². The number of hydrogen-bond acceptors (Lipinski definition) is 4. The molecular weight excluding hydrogens is 336 g/mol. The maximum Gasteiger partial charge on any atom is 0.224 e. The Balaban J connectivity index is 1.90. The zero-order valence-electron chi connectivity index (χ0n) is 16.3. The van der Waals surface area contributed by atoms with Crippen LogP contribution in [0.5, 0.6) is 0 Å². The largest absolute Gasteiger partial charge is 0.385 e. The summed E-state index contributed by atoms with van der Waals surface area (Å²) >= 11 is 0. The van der Waals surface area contributed by atoms with Gasteiger partial charge >= 0.3 is 0 Å². The van der Waals surface area contributed by atoms with Crippen LogP contribution in [-0.4, -0.2) is 22.7 Å². The smallest absolute Gasteiger partial charge is 0.224 e. The van der Waals surface area contributed by atoms with Gasteiger partial charge in [-0.15, -0.1) is 0 Å². The van der Waals surface area contributed by atoms with Gasteiger partial charge in [0, 0.05) is 35.6 Å². The van der Waals surface area contributed by atoms with E-state index in [0.29, 0.717) is 25.1 Å². The minimum Gasteiger partial charge on any atom is -0.385 e. The minimum absolute atomic E-state index is 0.0215. The van der Waals surface area contributed by atoms with E-state index in [0.717, 1.165) is 46.9 Å². The number of amides is 1. The lowest BCUT2D eigenvalue weighted by Gasteiger charge is -2.40. The van der Waals surface area contributed by atoms with Crippen LogP contribution < -0.4 is 10.6 Å². The molecule has 5 heteroatoms. The van der Waals surface area contributed by atoms with Crippen molar-refractivity contribution in [2.75, 3.05) is 0 Å². The van der Waals surface area contributed by atoms with Crippen molar-refractivity contribution in [1.82, 2.24) is 15.5 Å². The van der Waals surface area contributed by atoms with Gasteiger partial charge in [0.25, 0.3) is 0 Å². The number of hydrogen-bond donors (Lipinski definition) is 2. The Kier molecular flexibility index (Phi) is 5.49. The van der Waals surface area contributed by atoms with Crippen molar-refractivity contribution in [1.29, 1.82) is 0 Å². The number of fused-ring (bicyclic) bond motifs is 1. The van der Waals surface area contributed by atoms with E-state index in [1.807, 2.05) is 19.1 Å². The average Bonchev–Trinajstić information content (AvgIpc) is 2.61. The summed E-state index contributed by atoms with van der Waals surface area (Å²) in [5.41, 5.74) is 5.76. The normalized spacial score (nSPS) is 19.3. The average molecular weight is 364 g/mol. The third kappa shape index (κ3) is 3.82. The fourth-order valence-corrected chi connectivity index (χ4v) is 3.78. The molecule has 0 bridgehead atoms. The summed E-state index contributed by atoms with van der Waals surface area (Å²) in [5.74, 6) is 0.892. The van der Waals surface area contributed by atoms with Crippen LogP contribution in [-0.2, 0) is 11.3 Å². The first-order valence-electron chi connectivity index (χ1n) is 9.48. The highest BCUT2D eigenvalue weighted by Gasteiger charge is 2.33. The molecule has 1 fully saturated rings. The number of piperidine rings is 1. The Labute approximate surface area is 161 Å². The molecule has 1 aromatic carbocycles. The summed E-state index contributed by atoms with van der Waals surface area (Å²) < 4.78 is 0. The number of benzene rings is 1. The first-order valence-corrected chi connectivity index (χ1v) is 9.48. The standard InChI is InChI=1S/C22H28N4O/c1-6-8-14(2)23-13-18-9-7-10-19-22(18)16(4)26(17(5)25-19)20-11-12-21(27)24-15(20)3/h7,9-10,20,23H,2-4,6,8,11-13H2,1,5H3,(H,24,27). The first kappa shape index (κ1) is 19.0. The molecule has 2 N–H and O–H groups in total. The number of nitrogens with one attached hydrogen (secondary N) is 2. The number of rotatable bonds is 6. The second-order valence-corrected chi connectivity index (χ2v) is 7.12. The van der Waals surface area contributed by atoms with E-state index < -0.39 is 0 Å². The number of aliphatic imine (C=N–C) groups is 1. The molecule has 0 aromatic heterocycles. The van der Waals surface area contributed by atoms with E-state index in [2.05, 4.69) is 48.3 Å². The fourth-order valence-electron chi connectivity index (χ4n) is 3.78. The third-order valence-corrected chi connectivity index (χ3v) is 5.08. The van der Waals surface area contributed by atoms with Gasteiger partial charge in [0.15, 0.2) is 0 Å². The highest BCUT2D eigenvalue weighted by molar-refractivity contribution is 5.98. The molecule has 0 spiro atoms. The van der Waals surface area contributed by atoms with E-state index >= 15 is 0 Å². The van der Waals surface area contributed by atoms with Gasteiger partial charge < -0.3 is 15.5 Å². The van der Waals surface area contributed by atoms with E-state index in [1.165, 1.54) is 0 Å². The molecule has 1 unspecified atom stereocenters. The maximum absolute atomic E-state index is 11.7. The third-order valence-electron chi connectivity index (χ3n) is 5.08. The Hall–Kier alpha value is -2.82. The van der Waals surface area contributed by atoms with Crippen molar-refractivity contribution in [3.63, 3.8) is 0 Å². The predicted octanol–water partition coefficient (Wildman–Crippen LogP) is 4.22. The summed E-state index contributed by atoms with van der Waals surface area (Å²) in [7, 11) is 0. The summed E-state index contributed by atoms with van der Waals surface area (Å²) in [4.78, 5) is 18.6. The second kappa shape index (κ2) is 7.82. The molecule has 0 aliphatic carbocycles. The Morgan fingerprint density at radius 3 is 2.89 bits per heavy atom. The molecule has 3 rings (SSSR count). The Morgan fingerprint density at radius 1 is 1.41 bits per heavy atom. The molecule has 0 radical (unpaired) electrons. The van der Waals surface area contributed by atoms with E-state index in [4.69, 9.17) is 4.99 Å². The molecule has 142 valence electrons. The number of allylic oxidation sites excluding steroid dienone is 1. The lowest BCUT2D eigenvalue weighted by atomic mass is 9.95. The van der Waals surface area contributed by atoms with Crippen LogP contribution in [0.3, 0.4) is 0 Å². The van der Waals surface area contributed by atoms with Gasteiger partial charge in [-0.25, -0.2) is 4.99 Å². The summed E-state index contributed by atoms with van der Waals surface area (Å²) in [5, 5.41) is 6.28. The number of amidine groups is 1. The van der Waals surface area contributed by atoms with Crippen molar-refractivity contribution in [2.45, 2.75) is 52.1 Å². The Morgan fingerprint density at radius 2 is 2.19 bits per heavy atom. The number of carbonyl (C=O) groups excluding carboxylic acids is 1. The van der Waals surface area contributed by atoms with E-state index in [-0.39, 0.29) is 11.9 Å². The molecule has 1 saturated heterocycles. The molecule has 5 nitrogen and oxygen atoms in total. The summed E-state index contributed by atoms with van der Waals surface area (Å²) in [6, 6.07) is 6.12. The molecule has 0 saturated carbocycles. The van der Waals surface area contributed by atoms with Crippen molar-refractivity contribution in [3.8, 4) is 0 Å². The zero-order valence-corrected chi connectivity index (χ0v) is 16.3. The van der Waals surface area contributed by atoms with Crippen molar-refractivity contribution in [2.24, 2.45) is 4.99 Å². The van der Waals surface area contributed by atoms with Crippen molar-refractivity contribution in [3.05, 3.63) is 60.5 Å². The maximum atomic E-state index is 11.7. The quantitative estimate of drug-likeness (QED) is 0.795. The zero-order chi connectivity index (χ0) is 19.6. The van der Waals surface area contributed by atoms with Crippen LogP contribution in [0.25, 0.3) is 5.70 Å². The summed E-state index contributed by atoms with van der Waals surface area (Å²) in [6.07, 6.45) is 3.21. The molecule has 1 atom stereocenters. The topological polar surface area (TPSA) is 56.7 Å². The second-order valence-electron chi connectivity index (χ2n) is 7.12. The molecule has 1 aromatic rings. The van der Waals surface area contributed by atoms with Gasteiger partial charge in [-0.2, -0.15) is 0 Å². The van der Waals surface area contributed by atoms with Crippen LogP contribution in [0.1, 0.15) is 50.7 Å². The van der Waals surface area contributed by atoms with Gasteiger partial charge in [0.1, 0.15) is 5.84 Å². The van der Waals surface area contributed by atoms with Crippen LogP contribution in [0.2, 0.25) is 0 Å². The summed E-state index contributed by atoms with van der Waals surface area (Å²) in [6.45, 7) is 17.3.